The molecule has 0 amide bonds. The Bertz CT molecular complexity index is 2590. The molecular weight excluding hydrogens is 759 g/mol. The normalized spacial score (nSPS) is 31.3. The van der Waals surface area contributed by atoms with Crippen LogP contribution in [0.25, 0.3) is 16.2 Å². The number of fused-ring (bicyclic) bond motifs is 5. The maximum atomic E-state index is 6.84. The van der Waals surface area contributed by atoms with Crippen LogP contribution in [0.15, 0.2) is 184 Å². The standard InChI is InChI=1S/C58H59NOS/c1-2-11-41(12-3-1)50-16-8-17-51-53-37-45(28-35-54(53)60-58(50)51)40-24-31-47(32-25-40)59(46-29-22-39(23-30-46)44-21-20-38-10-4-5-13-43(38)36-44)48-33-26-42(27-34-48)49-15-9-19-56-57(49)52-14-6-7-18-55(52)61-56/h1-4,6-7,9-11,14,16,18-19,22,24,26-27,29,31-33,37,40-41,44,48-49,53-54H,5,8,12-13,15,17,20-21,23,25,28,30,34-36H2/t40?,41?,44-,48?,49?,53?,54?/m1/s1. The number of nitrogens with zero attached hydrogens (tertiary/aromatic N) is 1. The van der Waals surface area contributed by atoms with Gasteiger partial charge in [-0.05, 0) is 160 Å². The Morgan fingerprint density at radius 2 is 1.69 bits per heavy atom. The second kappa shape index (κ2) is 16.1. The van der Waals surface area contributed by atoms with Crippen LogP contribution in [0.3, 0.4) is 0 Å². The Kier molecular flexibility index (Phi) is 10.0. The predicted octanol–water partition coefficient (Wildman–Crippen LogP) is 15.3. The van der Waals surface area contributed by atoms with Gasteiger partial charge in [0.05, 0.1) is 6.04 Å². The van der Waals surface area contributed by atoms with Crippen LogP contribution in [0.4, 0.5) is 0 Å². The van der Waals surface area contributed by atoms with Crippen LogP contribution >= 0.6 is 11.3 Å². The second-order valence-corrected chi connectivity index (χ2v) is 20.3. The molecule has 0 saturated heterocycles. The number of hydrogen-bond donors (Lipinski definition) is 0. The largest absolute Gasteiger partial charge is 0.489 e. The Morgan fingerprint density at radius 1 is 0.705 bits per heavy atom. The van der Waals surface area contributed by atoms with Crippen LogP contribution < -0.4 is 0 Å². The molecule has 2 heterocycles. The fraction of sp³-hybridized carbons (Fsp3) is 0.379. The lowest BCUT2D eigenvalue weighted by atomic mass is 9.75. The average Bonchev–Trinajstić information content (AvgIpc) is 3.91. The van der Waals surface area contributed by atoms with Gasteiger partial charge in [0.2, 0.25) is 0 Å². The van der Waals surface area contributed by atoms with Gasteiger partial charge < -0.3 is 9.64 Å². The Morgan fingerprint density at radius 3 is 2.56 bits per heavy atom. The van der Waals surface area contributed by atoms with Gasteiger partial charge in [-0.1, -0.05) is 126 Å². The Balaban J connectivity index is 0.807. The van der Waals surface area contributed by atoms with Gasteiger partial charge in [0, 0.05) is 44.6 Å². The molecule has 1 aliphatic heterocycles. The van der Waals surface area contributed by atoms with Crippen molar-refractivity contribution < 1.29 is 4.74 Å². The number of ether oxygens (including phenoxy) is 1. The van der Waals surface area contributed by atoms with Crippen molar-refractivity contribution in [3.63, 3.8) is 0 Å². The highest BCUT2D eigenvalue weighted by Gasteiger charge is 2.41. The lowest BCUT2D eigenvalue weighted by Gasteiger charge is -2.39. The predicted molar refractivity (Wildman–Crippen MR) is 256 cm³/mol. The first-order chi connectivity index (χ1) is 30.2. The van der Waals surface area contributed by atoms with Gasteiger partial charge in [-0.15, -0.1) is 11.3 Å². The van der Waals surface area contributed by atoms with Crippen molar-refractivity contribution in [2.24, 2.45) is 23.7 Å². The molecule has 9 aliphatic carbocycles. The van der Waals surface area contributed by atoms with Crippen molar-refractivity contribution >= 4 is 27.5 Å². The van der Waals surface area contributed by atoms with Crippen LogP contribution in [0, 0.1) is 23.7 Å². The van der Waals surface area contributed by atoms with Gasteiger partial charge in [-0.2, -0.15) is 0 Å². The molecule has 0 fully saturated rings. The molecule has 2 aromatic rings. The van der Waals surface area contributed by atoms with Crippen molar-refractivity contribution in [3.05, 3.63) is 194 Å². The molecule has 1 aromatic heterocycles. The van der Waals surface area contributed by atoms with Crippen molar-refractivity contribution in [2.45, 2.75) is 114 Å². The monoisotopic (exact) mass is 817 g/mol. The molecule has 61 heavy (non-hydrogen) atoms. The third-order valence-corrected chi connectivity index (χ3v) is 17.0. The van der Waals surface area contributed by atoms with E-state index in [1.165, 1.54) is 81.8 Å². The van der Waals surface area contributed by atoms with Gasteiger partial charge >= 0.3 is 0 Å². The molecule has 3 heteroatoms. The van der Waals surface area contributed by atoms with Gasteiger partial charge in [0.15, 0.2) is 0 Å². The zero-order valence-electron chi connectivity index (χ0n) is 35.6. The SMILES string of the molecule is C1=CCC(C2=CCCC3=C2OC2CCC(C4C=CC(N(C5=CC=C([C@@H]6CCC7=C(CCC=C7)C6)CC5)C5C=CC(C6CC=Cc7sc8ccccc8c76)=CC5)=CC4)=CC32)C=C1. The maximum absolute atomic E-state index is 6.84. The van der Waals surface area contributed by atoms with Crippen LogP contribution in [0.5, 0.6) is 0 Å². The van der Waals surface area contributed by atoms with Gasteiger partial charge in [-0.25, -0.2) is 0 Å². The fourth-order valence-corrected chi connectivity index (χ4v) is 13.9. The fourth-order valence-electron chi connectivity index (χ4n) is 12.7. The van der Waals surface area contributed by atoms with Gasteiger partial charge in [0.1, 0.15) is 11.9 Å². The highest BCUT2D eigenvalue weighted by atomic mass is 32.1. The van der Waals surface area contributed by atoms with E-state index in [4.69, 9.17) is 4.74 Å². The molecular formula is C58H59NOS. The van der Waals surface area contributed by atoms with Crippen LogP contribution in [-0.4, -0.2) is 17.0 Å². The van der Waals surface area contributed by atoms with E-state index < -0.39 is 0 Å². The van der Waals surface area contributed by atoms with E-state index >= 15 is 0 Å². The number of rotatable bonds is 7. The van der Waals surface area contributed by atoms with E-state index in [1.807, 2.05) is 11.3 Å². The smallest absolute Gasteiger partial charge is 0.123 e. The first-order valence-corrected chi connectivity index (χ1v) is 24.7. The zero-order valence-corrected chi connectivity index (χ0v) is 36.4. The van der Waals surface area contributed by atoms with E-state index in [1.54, 1.807) is 33.4 Å². The lowest BCUT2D eigenvalue weighted by Crippen LogP contribution is -2.34. The van der Waals surface area contributed by atoms with E-state index in [9.17, 15) is 0 Å². The molecule has 0 saturated carbocycles. The van der Waals surface area contributed by atoms with Gasteiger partial charge in [-0.3, -0.25) is 0 Å². The summed E-state index contributed by atoms with van der Waals surface area (Å²) in [6, 6.07) is 9.34. The van der Waals surface area contributed by atoms with E-state index in [0.29, 0.717) is 41.7 Å². The van der Waals surface area contributed by atoms with Crippen molar-refractivity contribution in [1.29, 1.82) is 0 Å². The molecule has 308 valence electrons. The van der Waals surface area contributed by atoms with Crippen molar-refractivity contribution in [2.75, 3.05) is 0 Å². The minimum atomic E-state index is 0.307. The third kappa shape index (κ3) is 7.00. The zero-order chi connectivity index (χ0) is 40.3. The number of allylic oxidation sites excluding steroid dienone is 21. The summed E-state index contributed by atoms with van der Waals surface area (Å²) in [5, 5.41) is 1.44. The molecule has 7 atom stereocenters. The van der Waals surface area contributed by atoms with E-state index in [-0.39, 0.29) is 0 Å². The lowest BCUT2D eigenvalue weighted by molar-refractivity contribution is 0.114. The molecule has 0 radical (unpaired) electrons. The topological polar surface area (TPSA) is 12.5 Å². The molecule has 12 rings (SSSR count). The quantitative estimate of drug-likeness (QED) is 0.258. The molecule has 0 bridgehead atoms. The summed E-state index contributed by atoms with van der Waals surface area (Å²) in [6.07, 6.45) is 61.9. The first kappa shape index (κ1) is 37.9. The molecule has 10 aliphatic rings. The summed E-state index contributed by atoms with van der Waals surface area (Å²) in [6.45, 7) is 0. The summed E-state index contributed by atoms with van der Waals surface area (Å²) in [5.74, 6) is 3.76. The Hall–Kier alpha value is -4.86. The minimum absolute atomic E-state index is 0.307. The Labute approximate surface area is 367 Å². The summed E-state index contributed by atoms with van der Waals surface area (Å²) < 4.78 is 8.25. The molecule has 2 nitrogen and oxygen atoms in total. The number of benzene rings is 1. The van der Waals surface area contributed by atoms with Crippen molar-refractivity contribution in [1.82, 2.24) is 4.90 Å². The van der Waals surface area contributed by atoms with Gasteiger partial charge in [0.25, 0.3) is 0 Å². The summed E-state index contributed by atoms with van der Waals surface area (Å²) >= 11 is 1.95. The number of thiophene rings is 1. The molecule has 0 N–H and O–H groups in total. The maximum Gasteiger partial charge on any atom is 0.123 e. The molecule has 0 spiro atoms. The van der Waals surface area contributed by atoms with E-state index in [0.717, 1.165) is 57.8 Å². The molecule has 1 aromatic carbocycles. The minimum Gasteiger partial charge on any atom is -0.489 e. The van der Waals surface area contributed by atoms with E-state index in [2.05, 4.69) is 139 Å². The summed E-state index contributed by atoms with van der Waals surface area (Å²) in [5.41, 5.74) is 15.6. The second-order valence-electron chi connectivity index (χ2n) is 19.2. The number of hydrogen-bond acceptors (Lipinski definition) is 3. The average molecular weight is 818 g/mol. The summed E-state index contributed by atoms with van der Waals surface area (Å²) in [4.78, 5) is 4.18. The van der Waals surface area contributed by atoms with Crippen LogP contribution in [0.1, 0.15) is 113 Å². The third-order valence-electron chi connectivity index (χ3n) is 15.9. The van der Waals surface area contributed by atoms with Crippen LogP contribution in [0.2, 0.25) is 0 Å². The highest BCUT2D eigenvalue weighted by Crippen LogP contribution is 2.50. The first-order valence-electron chi connectivity index (χ1n) is 23.9. The summed E-state index contributed by atoms with van der Waals surface area (Å²) in [7, 11) is 0. The highest BCUT2D eigenvalue weighted by molar-refractivity contribution is 7.20. The molecule has 6 unspecified atom stereocenters. The van der Waals surface area contributed by atoms with Crippen molar-refractivity contribution in [3.8, 4) is 0 Å². The van der Waals surface area contributed by atoms with Crippen LogP contribution in [-0.2, 0) is 4.74 Å².